The van der Waals surface area contributed by atoms with E-state index < -0.39 is 12.0 Å². The zero-order valence-electron chi connectivity index (χ0n) is 10.9. The van der Waals surface area contributed by atoms with E-state index in [1.54, 1.807) is 0 Å². The van der Waals surface area contributed by atoms with Crippen molar-refractivity contribution in [3.63, 3.8) is 0 Å². The van der Waals surface area contributed by atoms with Crippen LogP contribution >= 0.6 is 0 Å². The number of hydrogen-bond acceptors (Lipinski definition) is 2. The minimum Gasteiger partial charge on any atom is -0.480 e. The second kappa shape index (κ2) is 5.71. The molecule has 1 aromatic carbocycles. The highest BCUT2D eigenvalue weighted by Gasteiger charge is 2.20. The largest absolute Gasteiger partial charge is 0.480 e. The average Bonchev–Trinajstić information content (AvgIpc) is 2.25. The summed E-state index contributed by atoms with van der Waals surface area (Å²) in [6, 6.07) is 7.40. The minimum atomic E-state index is -0.812. The minimum absolute atomic E-state index is 0.0530. The molecule has 0 bridgehead atoms. The molecule has 0 unspecified atom stereocenters. The zero-order valence-corrected chi connectivity index (χ0v) is 10.9. The molecule has 0 aliphatic rings. The molecule has 3 nitrogen and oxygen atoms in total. The maximum absolute atomic E-state index is 11.1. The van der Waals surface area contributed by atoms with Crippen molar-refractivity contribution < 1.29 is 9.90 Å². The van der Waals surface area contributed by atoms with Crippen LogP contribution < -0.4 is 5.32 Å². The molecule has 17 heavy (non-hydrogen) atoms. The first-order chi connectivity index (χ1) is 7.91. The Labute approximate surface area is 103 Å². The highest BCUT2D eigenvalue weighted by atomic mass is 16.4. The molecule has 1 aromatic rings. The number of benzene rings is 1. The van der Waals surface area contributed by atoms with Crippen LogP contribution in [0.15, 0.2) is 24.3 Å². The molecule has 0 fully saturated rings. The van der Waals surface area contributed by atoms with Gasteiger partial charge in [-0.1, -0.05) is 39.8 Å². The maximum atomic E-state index is 11.1. The van der Waals surface area contributed by atoms with Gasteiger partial charge in [-0.05, 0) is 29.5 Å². The fraction of sp³-hybridized carbons (Fsp3) is 0.500. The van der Waals surface area contributed by atoms with Crippen LogP contribution in [-0.2, 0) is 4.79 Å². The van der Waals surface area contributed by atoms with Gasteiger partial charge in [0.05, 0.1) is 0 Å². The first-order valence-electron chi connectivity index (χ1n) is 6.01. The number of anilines is 1. The van der Waals surface area contributed by atoms with E-state index in [-0.39, 0.29) is 5.92 Å². The summed E-state index contributed by atoms with van der Waals surface area (Å²) in [7, 11) is 0. The van der Waals surface area contributed by atoms with Gasteiger partial charge in [0.15, 0.2) is 0 Å². The van der Waals surface area contributed by atoms with E-state index >= 15 is 0 Å². The Morgan fingerprint density at radius 3 is 2.00 bits per heavy atom. The highest BCUT2D eigenvalue weighted by molar-refractivity contribution is 5.77. The van der Waals surface area contributed by atoms with Crippen molar-refractivity contribution in [1.82, 2.24) is 0 Å². The van der Waals surface area contributed by atoms with Crippen LogP contribution in [0.5, 0.6) is 0 Å². The molecule has 3 heteroatoms. The van der Waals surface area contributed by atoms with Crippen molar-refractivity contribution in [3.8, 4) is 0 Å². The van der Waals surface area contributed by atoms with Gasteiger partial charge in [0.2, 0.25) is 0 Å². The van der Waals surface area contributed by atoms with Gasteiger partial charge < -0.3 is 10.4 Å². The summed E-state index contributed by atoms with van der Waals surface area (Å²) >= 11 is 0. The van der Waals surface area contributed by atoms with Crippen LogP contribution in [0.2, 0.25) is 0 Å². The molecule has 94 valence electrons. The lowest BCUT2D eigenvalue weighted by Crippen LogP contribution is -2.34. The maximum Gasteiger partial charge on any atom is 0.326 e. The molecule has 0 radical (unpaired) electrons. The van der Waals surface area contributed by atoms with E-state index in [9.17, 15) is 4.79 Å². The lowest BCUT2D eigenvalue weighted by Gasteiger charge is -2.19. The van der Waals surface area contributed by atoms with Gasteiger partial charge in [0.25, 0.3) is 0 Å². The van der Waals surface area contributed by atoms with Gasteiger partial charge in [-0.3, -0.25) is 0 Å². The molecule has 0 saturated heterocycles. The smallest absolute Gasteiger partial charge is 0.326 e. The Morgan fingerprint density at radius 2 is 1.65 bits per heavy atom. The molecule has 0 spiro atoms. The molecule has 0 aliphatic carbocycles. The van der Waals surface area contributed by atoms with Gasteiger partial charge in [-0.15, -0.1) is 0 Å². The summed E-state index contributed by atoms with van der Waals surface area (Å²) in [5.74, 6) is -0.269. The van der Waals surface area contributed by atoms with Crippen LogP contribution in [0.25, 0.3) is 0 Å². The molecule has 0 saturated carbocycles. The summed E-state index contributed by atoms with van der Waals surface area (Å²) in [5.41, 5.74) is 2.11. The molecule has 0 aliphatic heterocycles. The molecule has 2 N–H and O–H groups in total. The van der Waals surface area contributed by atoms with Gasteiger partial charge >= 0.3 is 5.97 Å². The van der Waals surface area contributed by atoms with Gasteiger partial charge in [0.1, 0.15) is 6.04 Å². The van der Waals surface area contributed by atoms with Crippen molar-refractivity contribution >= 4 is 11.7 Å². The van der Waals surface area contributed by atoms with Gasteiger partial charge in [-0.25, -0.2) is 4.79 Å². The Bertz CT molecular complexity index is 368. The Kier molecular flexibility index (Phi) is 4.55. The predicted octanol–water partition coefficient (Wildman–Crippen LogP) is 3.33. The van der Waals surface area contributed by atoms with E-state index in [4.69, 9.17) is 5.11 Å². The molecule has 0 aromatic heterocycles. The van der Waals surface area contributed by atoms with Crippen molar-refractivity contribution in [3.05, 3.63) is 29.8 Å². The van der Waals surface area contributed by atoms with Gasteiger partial charge in [0, 0.05) is 5.69 Å². The van der Waals surface area contributed by atoms with Crippen LogP contribution in [0, 0.1) is 5.92 Å². The second-order valence-electron chi connectivity index (χ2n) is 4.98. The number of carboxylic acids is 1. The van der Waals surface area contributed by atoms with E-state index in [1.165, 1.54) is 5.56 Å². The first-order valence-corrected chi connectivity index (χ1v) is 6.01. The number of rotatable bonds is 5. The monoisotopic (exact) mass is 235 g/mol. The molecule has 1 rings (SSSR count). The normalized spacial score (nSPS) is 12.8. The van der Waals surface area contributed by atoms with Crippen LogP contribution in [0.1, 0.15) is 39.2 Å². The van der Waals surface area contributed by atoms with Crippen LogP contribution in [0.4, 0.5) is 5.69 Å². The van der Waals surface area contributed by atoms with E-state index in [2.05, 4.69) is 19.2 Å². The fourth-order valence-electron chi connectivity index (χ4n) is 1.66. The molecule has 0 heterocycles. The number of hydrogen-bond donors (Lipinski definition) is 2. The zero-order chi connectivity index (χ0) is 13.0. The summed E-state index contributed by atoms with van der Waals surface area (Å²) in [5, 5.41) is 12.1. The SMILES string of the molecule is CC(C)c1ccc(N[C@H](C(=O)O)C(C)C)cc1. The standard InChI is InChI=1S/C14H21NO2/c1-9(2)11-5-7-12(8-6-11)15-13(10(3)4)14(16)17/h5-10,13,15H,1-4H3,(H,16,17)/t13-/m0/s1. The Balaban J connectivity index is 2.77. The van der Waals surface area contributed by atoms with Crippen molar-refractivity contribution in [2.24, 2.45) is 5.92 Å². The summed E-state index contributed by atoms with van der Waals surface area (Å²) in [6.07, 6.45) is 0. The van der Waals surface area contributed by atoms with Crippen LogP contribution in [0.3, 0.4) is 0 Å². The molecular formula is C14H21NO2. The van der Waals surface area contributed by atoms with Crippen LogP contribution in [-0.4, -0.2) is 17.1 Å². The first kappa shape index (κ1) is 13.6. The summed E-state index contributed by atoms with van der Waals surface area (Å²) in [4.78, 5) is 11.1. The van der Waals surface area contributed by atoms with Gasteiger partial charge in [-0.2, -0.15) is 0 Å². The van der Waals surface area contributed by atoms with Crippen molar-refractivity contribution in [1.29, 1.82) is 0 Å². The second-order valence-corrected chi connectivity index (χ2v) is 4.98. The van der Waals surface area contributed by atoms with E-state index in [0.717, 1.165) is 5.69 Å². The lowest BCUT2D eigenvalue weighted by molar-refractivity contribution is -0.138. The fourth-order valence-corrected chi connectivity index (χ4v) is 1.66. The van der Waals surface area contributed by atoms with Crippen molar-refractivity contribution in [2.75, 3.05) is 5.32 Å². The molecular weight excluding hydrogens is 214 g/mol. The van der Waals surface area contributed by atoms with Crippen molar-refractivity contribution in [2.45, 2.75) is 39.7 Å². The third kappa shape index (κ3) is 3.77. The number of carboxylic acid groups (broad SMARTS) is 1. The van der Waals surface area contributed by atoms with E-state index in [1.807, 2.05) is 38.1 Å². The predicted molar refractivity (Wildman–Crippen MR) is 70.4 cm³/mol. The lowest BCUT2D eigenvalue weighted by atomic mass is 10.0. The quantitative estimate of drug-likeness (QED) is 0.823. The Hall–Kier alpha value is -1.51. The number of carbonyl (C=O) groups is 1. The van der Waals surface area contributed by atoms with E-state index in [0.29, 0.717) is 5.92 Å². The molecule has 0 amide bonds. The third-order valence-electron chi connectivity index (χ3n) is 2.83. The average molecular weight is 235 g/mol. The molecule has 1 atom stereocenters. The number of aliphatic carboxylic acids is 1. The highest BCUT2D eigenvalue weighted by Crippen LogP contribution is 2.18. The summed E-state index contributed by atoms with van der Waals surface area (Å²) in [6.45, 7) is 8.07. The topological polar surface area (TPSA) is 49.3 Å². The number of nitrogens with one attached hydrogen (secondary N) is 1. The summed E-state index contributed by atoms with van der Waals surface area (Å²) < 4.78 is 0. The Morgan fingerprint density at radius 1 is 1.12 bits per heavy atom. The third-order valence-corrected chi connectivity index (χ3v) is 2.83.